The van der Waals surface area contributed by atoms with E-state index in [9.17, 15) is 0 Å². The normalized spacial score (nSPS) is 16.3. The van der Waals surface area contributed by atoms with Crippen molar-refractivity contribution in [2.45, 2.75) is 38.1 Å². The van der Waals surface area contributed by atoms with Gasteiger partial charge in [-0.05, 0) is 37.8 Å². The smallest absolute Gasteiger partial charge is 0.161 e. The standard InChI is InChI=1S/C13H19BO2/c1-15-13-8-10(9-14)6-7-12(13)16-11-4-2-3-5-11/h6-8,11H,2-5,9,14H2,1H3. The average molecular weight is 218 g/mol. The third-order valence-corrected chi connectivity index (χ3v) is 3.23. The fourth-order valence-electron chi connectivity index (χ4n) is 2.22. The minimum Gasteiger partial charge on any atom is -0.493 e. The highest BCUT2D eigenvalue weighted by Gasteiger charge is 2.18. The van der Waals surface area contributed by atoms with Crippen LogP contribution in [0.2, 0.25) is 0 Å². The Labute approximate surface area is 98.4 Å². The molecule has 1 aromatic carbocycles. The molecule has 0 amide bonds. The molecule has 0 aliphatic heterocycles. The monoisotopic (exact) mass is 218 g/mol. The van der Waals surface area contributed by atoms with Crippen LogP contribution in [0.25, 0.3) is 0 Å². The van der Waals surface area contributed by atoms with E-state index in [1.165, 1.54) is 31.2 Å². The first-order chi connectivity index (χ1) is 7.83. The Morgan fingerprint density at radius 1 is 1.25 bits per heavy atom. The highest BCUT2D eigenvalue weighted by atomic mass is 16.5. The molecule has 1 fully saturated rings. The van der Waals surface area contributed by atoms with Crippen LogP contribution < -0.4 is 9.47 Å². The summed E-state index contributed by atoms with van der Waals surface area (Å²) in [5.41, 5.74) is 1.29. The van der Waals surface area contributed by atoms with E-state index in [2.05, 4.69) is 20.0 Å². The summed E-state index contributed by atoms with van der Waals surface area (Å²) in [5, 5.41) is 0. The lowest BCUT2D eigenvalue weighted by atomic mass is 9.97. The van der Waals surface area contributed by atoms with Crippen LogP contribution in [0.3, 0.4) is 0 Å². The van der Waals surface area contributed by atoms with Gasteiger partial charge in [-0.3, -0.25) is 0 Å². The molecule has 0 bridgehead atoms. The molecular weight excluding hydrogens is 199 g/mol. The summed E-state index contributed by atoms with van der Waals surface area (Å²) in [6.07, 6.45) is 6.36. The van der Waals surface area contributed by atoms with E-state index < -0.39 is 0 Å². The molecule has 0 saturated heterocycles. The predicted molar refractivity (Wildman–Crippen MR) is 68.1 cm³/mol. The molecule has 0 heterocycles. The van der Waals surface area contributed by atoms with Gasteiger partial charge in [0, 0.05) is 0 Å². The Kier molecular flexibility index (Phi) is 3.76. The summed E-state index contributed by atoms with van der Waals surface area (Å²) in [4.78, 5) is 0. The first-order valence-electron chi connectivity index (χ1n) is 6.17. The van der Waals surface area contributed by atoms with Crippen molar-refractivity contribution in [3.63, 3.8) is 0 Å². The van der Waals surface area contributed by atoms with Gasteiger partial charge in [0.25, 0.3) is 0 Å². The summed E-state index contributed by atoms with van der Waals surface area (Å²) in [5.74, 6) is 1.76. The van der Waals surface area contributed by atoms with Gasteiger partial charge in [0.05, 0.1) is 13.2 Å². The highest BCUT2D eigenvalue weighted by Crippen LogP contribution is 2.32. The summed E-state index contributed by atoms with van der Waals surface area (Å²) in [6.45, 7) is 0. The van der Waals surface area contributed by atoms with Crippen molar-refractivity contribution in [3.8, 4) is 11.5 Å². The first-order valence-corrected chi connectivity index (χ1v) is 6.17. The van der Waals surface area contributed by atoms with E-state index in [1.807, 2.05) is 6.07 Å². The Morgan fingerprint density at radius 2 is 2.00 bits per heavy atom. The van der Waals surface area contributed by atoms with Crippen molar-refractivity contribution >= 4 is 7.85 Å². The summed E-state index contributed by atoms with van der Waals surface area (Å²) in [6, 6.07) is 6.23. The van der Waals surface area contributed by atoms with E-state index in [0.29, 0.717) is 6.10 Å². The number of hydrogen-bond acceptors (Lipinski definition) is 2. The Balaban J connectivity index is 2.12. The van der Waals surface area contributed by atoms with Crippen LogP contribution in [0.5, 0.6) is 11.5 Å². The maximum Gasteiger partial charge on any atom is 0.161 e. The van der Waals surface area contributed by atoms with Gasteiger partial charge < -0.3 is 9.47 Å². The van der Waals surface area contributed by atoms with Gasteiger partial charge in [-0.1, -0.05) is 17.9 Å². The molecular formula is C13H19BO2. The molecule has 86 valence electrons. The number of ether oxygens (including phenoxy) is 2. The van der Waals surface area contributed by atoms with Gasteiger partial charge in [0.1, 0.15) is 7.85 Å². The molecule has 0 atom stereocenters. The molecule has 2 nitrogen and oxygen atoms in total. The lowest BCUT2D eigenvalue weighted by molar-refractivity contribution is 0.200. The maximum absolute atomic E-state index is 5.97. The average Bonchev–Trinajstić information content (AvgIpc) is 2.82. The first kappa shape index (κ1) is 11.4. The van der Waals surface area contributed by atoms with Crippen LogP contribution in [0, 0.1) is 0 Å². The maximum atomic E-state index is 5.97. The summed E-state index contributed by atoms with van der Waals surface area (Å²) < 4.78 is 11.3. The van der Waals surface area contributed by atoms with Crippen LogP contribution in [-0.4, -0.2) is 21.1 Å². The second kappa shape index (κ2) is 5.28. The molecule has 0 unspecified atom stereocenters. The molecule has 3 heteroatoms. The van der Waals surface area contributed by atoms with E-state index in [-0.39, 0.29) is 0 Å². The predicted octanol–water partition coefficient (Wildman–Crippen LogP) is 2.15. The Bertz CT molecular complexity index is 346. The van der Waals surface area contributed by atoms with Gasteiger partial charge in [0.15, 0.2) is 11.5 Å². The van der Waals surface area contributed by atoms with E-state index in [1.54, 1.807) is 7.11 Å². The second-order valence-electron chi connectivity index (χ2n) is 4.36. The van der Waals surface area contributed by atoms with Crippen molar-refractivity contribution in [2.75, 3.05) is 7.11 Å². The molecule has 1 aliphatic rings. The van der Waals surface area contributed by atoms with Gasteiger partial charge >= 0.3 is 0 Å². The lowest BCUT2D eigenvalue weighted by Crippen LogP contribution is -2.11. The van der Waals surface area contributed by atoms with Crippen LogP contribution in [0.15, 0.2) is 18.2 Å². The van der Waals surface area contributed by atoms with Crippen molar-refractivity contribution in [1.82, 2.24) is 0 Å². The van der Waals surface area contributed by atoms with Crippen LogP contribution in [0.4, 0.5) is 0 Å². The third-order valence-electron chi connectivity index (χ3n) is 3.23. The quantitative estimate of drug-likeness (QED) is 0.721. The van der Waals surface area contributed by atoms with E-state index in [4.69, 9.17) is 9.47 Å². The molecule has 1 aliphatic carbocycles. The van der Waals surface area contributed by atoms with Crippen LogP contribution in [-0.2, 0) is 6.32 Å². The highest BCUT2D eigenvalue weighted by molar-refractivity contribution is 6.08. The number of methoxy groups -OCH3 is 1. The minimum absolute atomic E-state index is 0.390. The summed E-state index contributed by atoms with van der Waals surface area (Å²) in [7, 11) is 3.85. The number of rotatable bonds is 4. The molecule has 16 heavy (non-hydrogen) atoms. The van der Waals surface area contributed by atoms with Crippen molar-refractivity contribution in [1.29, 1.82) is 0 Å². The van der Waals surface area contributed by atoms with Crippen molar-refractivity contribution < 1.29 is 9.47 Å². The SMILES string of the molecule is BCc1ccc(OC2CCCC2)c(OC)c1. The van der Waals surface area contributed by atoms with Gasteiger partial charge in [-0.15, -0.1) is 0 Å². The molecule has 2 rings (SSSR count). The van der Waals surface area contributed by atoms with E-state index >= 15 is 0 Å². The Morgan fingerprint density at radius 3 is 2.62 bits per heavy atom. The fraction of sp³-hybridized carbons (Fsp3) is 0.538. The van der Waals surface area contributed by atoms with Gasteiger partial charge in [-0.2, -0.15) is 0 Å². The van der Waals surface area contributed by atoms with Gasteiger partial charge in [-0.25, -0.2) is 0 Å². The topological polar surface area (TPSA) is 18.5 Å². The lowest BCUT2D eigenvalue weighted by Gasteiger charge is -2.16. The zero-order valence-corrected chi connectivity index (χ0v) is 10.2. The number of hydrogen-bond donors (Lipinski definition) is 0. The summed E-state index contributed by atoms with van der Waals surface area (Å²) >= 11 is 0. The van der Waals surface area contributed by atoms with E-state index in [0.717, 1.165) is 17.8 Å². The van der Waals surface area contributed by atoms with Crippen molar-refractivity contribution in [2.24, 2.45) is 0 Å². The zero-order chi connectivity index (χ0) is 11.4. The molecule has 0 radical (unpaired) electrons. The van der Waals surface area contributed by atoms with Crippen molar-refractivity contribution in [3.05, 3.63) is 23.8 Å². The zero-order valence-electron chi connectivity index (χ0n) is 10.2. The Hall–Kier alpha value is -1.12. The molecule has 0 spiro atoms. The number of benzene rings is 1. The van der Waals surface area contributed by atoms with Crippen LogP contribution in [0.1, 0.15) is 31.2 Å². The molecule has 0 N–H and O–H groups in total. The minimum atomic E-state index is 0.390. The molecule has 1 saturated carbocycles. The molecule has 0 aromatic heterocycles. The second-order valence-corrected chi connectivity index (χ2v) is 4.36. The largest absolute Gasteiger partial charge is 0.493 e. The van der Waals surface area contributed by atoms with Gasteiger partial charge in [0.2, 0.25) is 0 Å². The molecule has 1 aromatic rings. The third kappa shape index (κ3) is 2.52. The fourth-order valence-corrected chi connectivity index (χ4v) is 2.22. The van der Waals surface area contributed by atoms with Crippen LogP contribution >= 0.6 is 0 Å².